The van der Waals surface area contributed by atoms with Crippen molar-refractivity contribution in [1.29, 1.82) is 0 Å². The van der Waals surface area contributed by atoms with Crippen LogP contribution in [0.5, 0.6) is 5.75 Å². The van der Waals surface area contributed by atoms with Crippen molar-refractivity contribution in [2.24, 2.45) is 0 Å². The number of hydrogen-bond donors (Lipinski definition) is 0. The van der Waals surface area contributed by atoms with Crippen molar-refractivity contribution in [1.82, 2.24) is 4.98 Å². The number of nitrogens with zero attached hydrogens (tertiary/aromatic N) is 1. The van der Waals surface area contributed by atoms with Crippen LogP contribution in [0.1, 0.15) is 16.2 Å². The van der Waals surface area contributed by atoms with Gasteiger partial charge in [-0.05, 0) is 24.3 Å². The monoisotopic (exact) mass is 355 g/mol. The van der Waals surface area contributed by atoms with E-state index >= 15 is 0 Å². The maximum Gasteiger partial charge on any atom is 0.269 e. The van der Waals surface area contributed by atoms with Crippen LogP contribution >= 0.6 is 0 Å². The zero-order chi connectivity index (χ0) is 18.6. The van der Waals surface area contributed by atoms with E-state index in [2.05, 4.69) is 4.98 Å². The zero-order valence-electron chi connectivity index (χ0n) is 14.8. The molecular weight excluding hydrogens is 338 g/mol. The van der Waals surface area contributed by atoms with Crippen LogP contribution in [0.2, 0.25) is 0 Å². The van der Waals surface area contributed by atoms with Crippen LogP contribution in [-0.4, -0.2) is 17.9 Å². The van der Waals surface area contributed by atoms with Gasteiger partial charge in [0.2, 0.25) is 5.78 Å². The van der Waals surface area contributed by atoms with E-state index < -0.39 is 0 Å². The lowest BCUT2D eigenvalue weighted by Crippen LogP contribution is -2.01. The van der Waals surface area contributed by atoms with Crippen LogP contribution in [0.4, 0.5) is 0 Å². The zero-order valence-corrected chi connectivity index (χ0v) is 14.8. The highest BCUT2D eigenvalue weighted by Crippen LogP contribution is 2.33. The highest BCUT2D eigenvalue weighted by atomic mass is 16.5. The van der Waals surface area contributed by atoms with Gasteiger partial charge < -0.3 is 9.15 Å². The fourth-order valence-corrected chi connectivity index (χ4v) is 2.86. The molecule has 4 heteroatoms. The number of hydrogen-bond acceptors (Lipinski definition) is 4. The number of rotatable bonds is 5. The Morgan fingerprint density at radius 1 is 0.815 bits per heavy atom. The second-order valence-corrected chi connectivity index (χ2v) is 5.99. The first-order valence-electron chi connectivity index (χ1n) is 8.56. The molecule has 1 aromatic heterocycles. The maximum absolute atomic E-state index is 12.9. The molecule has 0 atom stereocenters. The fraction of sp³-hybridized carbons (Fsp3) is 0.0435. The summed E-state index contributed by atoms with van der Waals surface area (Å²) in [5.74, 6) is 1.07. The quantitative estimate of drug-likeness (QED) is 0.459. The Labute approximate surface area is 157 Å². The molecule has 0 aliphatic carbocycles. The molecule has 132 valence electrons. The van der Waals surface area contributed by atoms with Crippen LogP contribution in [0.25, 0.3) is 22.6 Å². The van der Waals surface area contributed by atoms with Crippen molar-refractivity contribution in [3.63, 3.8) is 0 Å². The molecule has 1 heterocycles. The average Bonchev–Trinajstić information content (AvgIpc) is 3.20. The van der Waals surface area contributed by atoms with Crippen LogP contribution in [-0.2, 0) is 0 Å². The minimum absolute atomic E-state index is 0.0675. The number of carbonyl (C=O) groups is 1. The second kappa shape index (κ2) is 7.30. The van der Waals surface area contributed by atoms with Crippen molar-refractivity contribution >= 4 is 5.78 Å². The average molecular weight is 355 g/mol. The van der Waals surface area contributed by atoms with E-state index in [4.69, 9.17) is 9.15 Å². The number of aromatic nitrogens is 1. The molecule has 0 saturated carbocycles. The van der Waals surface area contributed by atoms with E-state index in [1.807, 2.05) is 60.7 Å². The third-order valence-electron chi connectivity index (χ3n) is 4.26. The highest BCUT2D eigenvalue weighted by Gasteiger charge is 2.22. The number of methoxy groups -OCH3 is 1. The number of oxazole rings is 1. The Morgan fingerprint density at radius 3 is 2.00 bits per heavy atom. The third-order valence-corrected chi connectivity index (χ3v) is 4.26. The van der Waals surface area contributed by atoms with Crippen LogP contribution < -0.4 is 4.74 Å². The third kappa shape index (κ3) is 3.37. The lowest BCUT2D eigenvalue weighted by molar-refractivity contribution is 0.100. The molecular formula is C23H17NO3. The van der Waals surface area contributed by atoms with Crippen LogP contribution in [0.3, 0.4) is 0 Å². The molecule has 0 N–H and O–H groups in total. The van der Waals surface area contributed by atoms with Gasteiger partial charge in [-0.25, -0.2) is 4.98 Å². The molecule has 4 nitrogen and oxygen atoms in total. The van der Waals surface area contributed by atoms with Gasteiger partial charge in [0.1, 0.15) is 11.4 Å². The summed E-state index contributed by atoms with van der Waals surface area (Å²) in [6.45, 7) is 0. The summed E-state index contributed by atoms with van der Waals surface area (Å²) in [6, 6.07) is 26.3. The normalized spacial score (nSPS) is 10.6. The van der Waals surface area contributed by atoms with Gasteiger partial charge in [-0.1, -0.05) is 60.7 Å². The first-order valence-corrected chi connectivity index (χ1v) is 8.56. The molecule has 0 aliphatic rings. The van der Waals surface area contributed by atoms with Crippen molar-refractivity contribution < 1.29 is 13.9 Å². The minimum atomic E-state index is -0.267. The van der Waals surface area contributed by atoms with E-state index in [1.54, 1.807) is 31.4 Å². The molecule has 4 aromatic rings. The molecule has 4 rings (SSSR count). The molecule has 0 bridgehead atoms. The Bertz CT molecular complexity index is 995. The molecule has 0 radical (unpaired) electrons. The lowest BCUT2D eigenvalue weighted by atomic mass is 10.1. The molecule has 0 amide bonds. The summed E-state index contributed by atoms with van der Waals surface area (Å²) >= 11 is 0. The predicted octanol–water partition coefficient (Wildman–Crippen LogP) is 5.25. The van der Waals surface area contributed by atoms with Gasteiger partial charge >= 0.3 is 0 Å². The highest BCUT2D eigenvalue weighted by molar-refractivity contribution is 6.06. The second-order valence-electron chi connectivity index (χ2n) is 5.99. The van der Waals surface area contributed by atoms with Gasteiger partial charge in [0, 0.05) is 16.7 Å². The SMILES string of the molecule is COc1ccc(C(=O)c2nc(-c3ccccc3)c(-c3ccccc3)o2)cc1. The number of carbonyl (C=O) groups excluding carboxylic acids is 1. The first kappa shape index (κ1) is 16.8. The van der Waals surface area contributed by atoms with Gasteiger partial charge in [-0.15, -0.1) is 0 Å². The molecule has 0 fully saturated rings. The van der Waals surface area contributed by atoms with Crippen molar-refractivity contribution in [2.45, 2.75) is 0 Å². The predicted molar refractivity (Wildman–Crippen MR) is 104 cm³/mol. The molecule has 27 heavy (non-hydrogen) atoms. The number of ketones is 1. The fourth-order valence-electron chi connectivity index (χ4n) is 2.86. The summed E-state index contributed by atoms with van der Waals surface area (Å²) in [7, 11) is 1.59. The topological polar surface area (TPSA) is 52.3 Å². The van der Waals surface area contributed by atoms with Crippen molar-refractivity contribution in [2.75, 3.05) is 7.11 Å². The summed E-state index contributed by atoms with van der Waals surface area (Å²) < 4.78 is 11.1. The summed E-state index contributed by atoms with van der Waals surface area (Å²) in [5.41, 5.74) is 2.92. The first-order chi connectivity index (χ1) is 13.3. The molecule has 0 aliphatic heterocycles. The summed E-state index contributed by atoms with van der Waals surface area (Å²) in [5, 5.41) is 0. The summed E-state index contributed by atoms with van der Waals surface area (Å²) in [4.78, 5) is 17.4. The van der Waals surface area contributed by atoms with Gasteiger partial charge in [0.15, 0.2) is 5.76 Å². The lowest BCUT2D eigenvalue weighted by Gasteiger charge is -2.01. The Kier molecular flexibility index (Phi) is 4.54. The standard InChI is InChI=1S/C23H17NO3/c1-26-19-14-12-17(13-15-19)21(25)23-24-20(16-8-4-2-5-9-16)22(27-23)18-10-6-3-7-11-18/h2-15H,1H3. The van der Waals surface area contributed by atoms with Crippen molar-refractivity contribution in [3.8, 4) is 28.3 Å². The van der Waals surface area contributed by atoms with Gasteiger partial charge in [0.05, 0.1) is 7.11 Å². The largest absolute Gasteiger partial charge is 0.497 e. The van der Waals surface area contributed by atoms with Crippen LogP contribution in [0, 0.1) is 0 Å². The molecule has 3 aromatic carbocycles. The Balaban J connectivity index is 1.80. The smallest absolute Gasteiger partial charge is 0.269 e. The van der Waals surface area contributed by atoms with E-state index in [-0.39, 0.29) is 11.7 Å². The number of benzene rings is 3. The van der Waals surface area contributed by atoms with Gasteiger partial charge in [-0.2, -0.15) is 0 Å². The molecule has 0 spiro atoms. The van der Waals surface area contributed by atoms with Gasteiger partial charge in [0.25, 0.3) is 5.89 Å². The maximum atomic E-state index is 12.9. The van der Waals surface area contributed by atoms with E-state index in [0.717, 1.165) is 11.1 Å². The van der Waals surface area contributed by atoms with Gasteiger partial charge in [-0.3, -0.25) is 4.79 Å². The Hall–Kier alpha value is -3.66. The molecule has 0 saturated heterocycles. The van der Waals surface area contributed by atoms with E-state index in [1.165, 1.54) is 0 Å². The minimum Gasteiger partial charge on any atom is -0.497 e. The van der Waals surface area contributed by atoms with Crippen LogP contribution in [0.15, 0.2) is 89.3 Å². The summed E-state index contributed by atoms with van der Waals surface area (Å²) in [6.07, 6.45) is 0. The Morgan fingerprint density at radius 2 is 1.41 bits per heavy atom. The molecule has 0 unspecified atom stereocenters. The van der Waals surface area contributed by atoms with Crippen molar-refractivity contribution in [3.05, 3.63) is 96.4 Å². The van der Waals surface area contributed by atoms with E-state index in [0.29, 0.717) is 22.8 Å². The van der Waals surface area contributed by atoms with E-state index in [9.17, 15) is 4.79 Å². The number of ether oxygens (including phenoxy) is 1.